The van der Waals surface area contributed by atoms with Gasteiger partial charge >= 0.3 is 0 Å². The van der Waals surface area contributed by atoms with Gasteiger partial charge in [-0.05, 0) is 37.0 Å². The maximum absolute atomic E-state index is 12.3. The highest BCUT2D eigenvalue weighted by Gasteiger charge is 2.18. The minimum atomic E-state index is -0.0406. The van der Waals surface area contributed by atoms with Crippen LogP contribution >= 0.6 is 11.3 Å². The Bertz CT molecular complexity index is 820. The van der Waals surface area contributed by atoms with Crippen LogP contribution in [0.5, 0.6) is 5.75 Å². The molecule has 0 aliphatic heterocycles. The topological polar surface area (TPSA) is 43.6 Å². The molecule has 4 nitrogen and oxygen atoms in total. The largest absolute Gasteiger partial charge is 0.497 e. The van der Waals surface area contributed by atoms with Crippen LogP contribution < -0.4 is 9.54 Å². The lowest BCUT2D eigenvalue weighted by molar-refractivity contribution is -0.118. The molecule has 1 aromatic carbocycles. The number of amides is 1. The summed E-state index contributed by atoms with van der Waals surface area (Å²) in [5.41, 5.74) is 0.987. The number of nitrogens with zero attached hydrogens (tertiary/aromatic N) is 2. The van der Waals surface area contributed by atoms with Gasteiger partial charge in [0.2, 0.25) is 5.91 Å². The van der Waals surface area contributed by atoms with Gasteiger partial charge in [0.25, 0.3) is 0 Å². The minimum absolute atomic E-state index is 0.0406. The first-order valence-electron chi connectivity index (χ1n) is 7.89. The lowest BCUT2D eigenvalue weighted by Gasteiger charge is -2.04. The van der Waals surface area contributed by atoms with Gasteiger partial charge in [0.15, 0.2) is 4.80 Å². The summed E-state index contributed by atoms with van der Waals surface area (Å²) in [6.45, 7) is 0.405. The van der Waals surface area contributed by atoms with Crippen molar-refractivity contribution in [2.45, 2.75) is 38.6 Å². The Hall–Kier alpha value is -2.06. The summed E-state index contributed by atoms with van der Waals surface area (Å²) in [5.74, 6) is 3.89. The number of methoxy groups -OCH3 is 1. The van der Waals surface area contributed by atoms with Gasteiger partial charge in [-0.3, -0.25) is 4.79 Å². The van der Waals surface area contributed by atoms with E-state index < -0.39 is 0 Å². The van der Waals surface area contributed by atoms with Crippen LogP contribution in [0, 0.1) is 18.3 Å². The zero-order chi connectivity index (χ0) is 16.2. The summed E-state index contributed by atoms with van der Waals surface area (Å²) >= 11 is 1.48. The molecule has 0 radical (unpaired) electrons. The molecule has 120 valence electrons. The number of carbonyl (C=O) groups is 1. The highest BCUT2D eigenvalue weighted by atomic mass is 32.1. The fourth-order valence-electron chi connectivity index (χ4n) is 3.12. The van der Waals surface area contributed by atoms with Crippen LogP contribution in [0.3, 0.4) is 0 Å². The molecule has 1 aromatic heterocycles. The summed E-state index contributed by atoms with van der Waals surface area (Å²) in [4.78, 5) is 17.3. The second kappa shape index (κ2) is 7.01. The van der Waals surface area contributed by atoms with E-state index in [4.69, 9.17) is 11.2 Å². The van der Waals surface area contributed by atoms with Crippen molar-refractivity contribution in [2.24, 2.45) is 10.9 Å². The van der Waals surface area contributed by atoms with Gasteiger partial charge in [-0.1, -0.05) is 30.1 Å². The molecule has 1 aliphatic carbocycles. The Balaban J connectivity index is 1.97. The van der Waals surface area contributed by atoms with Crippen LogP contribution in [-0.4, -0.2) is 17.6 Å². The van der Waals surface area contributed by atoms with E-state index in [1.807, 2.05) is 22.8 Å². The van der Waals surface area contributed by atoms with E-state index in [9.17, 15) is 4.79 Å². The smallest absolute Gasteiger partial charge is 0.248 e. The van der Waals surface area contributed by atoms with Gasteiger partial charge in [-0.2, -0.15) is 4.99 Å². The quantitative estimate of drug-likeness (QED) is 0.808. The van der Waals surface area contributed by atoms with Gasteiger partial charge in [0.05, 0.1) is 23.9 Å². The van der Waals surface area contributed by atoms with Crippen LogP contribution in [0.1, 0.15) is 32.1 Å². The van der Waals surface area contributed by atoms with Crippen molar-refractivity contribution in [3.63, 3.8) is 0 Å². The highest BCUT2D eigenvalue weighted by Crippen LogP contribution is 2.28. The first-order chi connectivity index (χ1) is 11.2. The molecule has 0 bridgehead atoms. The van der Waals surface area contributed by atoms with Crippen molar-refractivity contribution in [2.75, 3.05) is 7.11 Å². The Kier molecular flexibility index (Phi) is 4.82. The fourth-order valence-corrected chi connectivity index (χ4v) is 4.20. The number of terminal acetylenes is 1. The molecule has 1 aliphatic rings. The van der Waals surface area contributed by atoms with Crippen LogP contribution in [0.15, 0.2) is 23.2 Å². The van der Waals surface area contributed by atoms with E-state index in [0.717, 1.165) is 28.8 Å². The Labute approximate surface area is 139 Å². The molecule has 3 rings (SSSR count). The van der Waals surface area contributed by atoms with Gasteiger partial charge in [0.1, 0.15) is 5.75 Å². The Morgan fingerprint density at radius 2 is 2.26 bits per heavy atom. The van der Waals surface area contributed by atoms with Crippen LogP contribution in [-0.2, 0) is 11.3 Å². The maximum Gasteiger partial charge on any atom is 0.248 e. The lowest BCUT2D eigenvalue weighted by atomic mass is 10.0. The highest BCUT2D eigenvalue weighted by molar-refractivity contribution is 7.16. The molecule has 5 heteroatoms. The monoisotopic (exact) mass is 328 g/mol. The van der Waals surface area contributed by atoms with Crippen molar-refractivity contribution in [1.82, 2.24) is 4.57 Å². The molecule has 1 heterocycles. The first kappa shape index (κ1) is 15.8. The fraction of sp³-hybridized carbons (Fsp3) is 0.444. The molecule has 0 N–H and O–H groups in total. The predicted octanol–water partition coefficient (Wildman–Crippen LogP) is 3.35. The van der Waals surface area contributed by atoms with E-state index >= 15 is 0 Å². The zero-order valence-electron chi connectivity index (χ0n) is 13.2. The van der Waals surface area contributed by atoms with E-state index in [2.05, 4.69) is 10.9 Å². The predicted molar refractivity (Wildman–Crippen MR) is 92.3 cm³/mol. The van der Waals surface area contributed by atoms with Crippen molar-refractivity contribution < 1.29 is 9.53 Å². The van der Waals surface area contributed by atoms with E-state index in [1.54, 1.807) is 7.11 Å². The summed E-state index contributed by atoms with van der Waals surface area (Å²) in [5, 5.41) is 0. The van der Waals surface area contributed by atoms with E-state index in [0.29, 0.717) is 23.7 Å². The molecule has 1 fully saturated rings. The number of rotatable bonds is 4. The van der Waals surface area contributed by atoms with Crippen LogP contribution in [0.2, 0.25) is 0 Å². The number of hydrogen-bond acceptors (Lipinski definition) is 3. The summed E-state index contributed by atoms with van der Waals surface area (Å²) in [6.07, 6.45) is 10.8. The third-order valence-corrected chi connectivity index (χ3v) is 5.34. The third kappa shape index (κ3) is 3.48. The number of ether oxygens (including phenoxy) is 1. The molecule has 1 amide bonds. The second-order valence-electron chi connectivity index (χ2n) is 5.87. The second-order valence-corrected chi connectivity index (χ2v) is 6.88. The van der Waals surface area contributed by atoms with Crippen molar-refractivity contribution in [3.05, 3.63) is 23.0 Å². The molecule has 0 unspecified atom stereocenters. The first-order valence-corrected chi connectivity index (χ1v) is 8.71. The van der Waals surface area contributed by atoms with Crippen LogP contribution in [0.4, 0.5) is 0 Å². The Morgan fingerprint density at radius 1 is 1.48 bits per heavy atom. The van der Waals surface area contributed by atoms with Gasteiger partial charge < -0.3 is 9.30 Å². The summed E-state index contributed by atoms with van der Waals surface area (Å²) < 4.78 is 8.20. The normalized spacial score (nSPS) is 15.9. The Morgan fingerprint density at radius 3 is 2.96 bits per heavy atom. The number of benzene rings is 1. The average molecular weight is 328 g/mol. The lowest BCUT2D eigenvalue weighted by Crippen LogP contribution is -2.17. The number of hydrogen-bond donors (Lipinski definition) is 0. The number of carbonyl (C=O) groups excluding carboxylic acids is 1. The summed E-state index contributed by atoms with van der Waals surface area (Å²) in [7, 11) is 1.64. The molecule has 1 saturated carbocycles. The molecule has 0 saturated heterocycles. The SMILES string of the molecule is C#CCn1c(=NC(=O)CC2CCCC2)sc2cc(OC)ccc21. The maximum atomic E-state index is 12.3. The van der Waals surface area contributed by atoms with Gasteiger partial charge in [-0.25, -0.2) is 0 Å². The van der Waals surface area contributed by atoms with Crippen LogP contribution in [0.25, 0.3) is 10.2 Å². The molecule has 0 spiro atoms. The molecular weight excluding hydrogens is 308 g/mol. The van der Waals surface area contributed by atoms with Crippen molar-refractivity contribution >= 4 is 27.5 Å². The van der Waals surface area contributed by atoms with Crippen molar-refractivity contribution in [3.8, 4) is 18.1 Å². The molecule has 23 heavy (non-hydrogen) atoms. The van der Waals surface area contributed by atoms with Gasteiger partial charge in [0, 0.05) is 6.42 Å². The molecular formula is C18H20N2O2S. The third-order valence-electron chi connectivity index (χ3n) is 4.30. The van der Waals surface area contributed by atoms with Gasteiger partial charge in [-0.15, -0.1) is 6.42 Å². The summed E-state index contributed by atoms with van der Waals surface area (Å²) in [6, 6.07) is 5.81. The number of fused-ring (bicyclic) bond motifs is 1. The average Bonchev–Trinajstić information content (AvgIpc) is 3.15. The molecule has 2 aromatic rings. The van der Waals surface area contributed by atoms with E-state index in [-0.39, 0.29) is 5.91 Å². The zero-order valence-corrected chi connectivity index (χ0v) is 14.1. The standard InChI is InChI=1S/C18H20N2O2S/c1-3-10-20-15-9-8-14(22-2)12-16(15)23-18(20)19-17(21)11-13-6-4-5-7-13/h1,8-9,12-13H,4-7,10-11H2,2H3. The van der Waals surface area contributed by atoms with E-state index in [1.165, 1.54) is 24.2 Å². The number of thiazole rings is 1. The molecule has 0 atom stereocenters. The van der Waals surface area contributed by atoms with Crippen molar-refractivity contribution in [1.29, 1.82) is 0 Å². The minimum Gasteiger partial charge on any atom is -0.497 e. The number of aromatic nitrogens is 1.